The molecule has 0 aromatic heterocycles. The van der Waals surface area contributed by atoms with Gasteiger partial charge in [0.15, 0.2) is 0 Å². The molecule has 2 saturated heterocycles. The molecule has 0 N–H and O–H groups in total. The summed E-state index contributed by atoms with van der Waals surface area (Å²) in [5, 5.41) is 0. The zero-order chi connectivity index (χ0) is 7.90. The van der Waals surface area contributed by atoms with Crippen molar-refractivity contribution in [1.82, 2.24) is 4.90 Å². The van der Waals surface area contributed by atoms with Crippen molar-refractivity contribution in [3.8, 4) is 0 Å². The van der Waals surface area contributed by atoms with E-state index >= 15 is 0 Å². The Hall–Kier alpha value is -0.570. The van der Waals surface area contributed by atoms with E-state index in [9.17, 15) is 4.79 Å². The summed E-state index contributed by atoms with van der Waals surface area (Å²) in [7, 11) is 0. The number of rotatable bonds is 1. The highest BCUT2D eigenvalue weighted by Crippen LogP contribution is 2.37. The van der Waals surface area contributed by atoms with Crippen LogP contribution < -0.4 is 0 Å². The van der Waals surface area contributed by atoms with Crippen LogP contribution in [0, 0.1) is 0 Å². The molecule has 62 valence electrons. The number of ether oxygens (including phenoxy) is 1. The number of nitrogens with zero attached hydrogens (tertiary/aromatic N) is 1. The fourth-order valence-electron chi connectivity index (χ4n) is 1.76. The molecule has 0 aromatic carbocycles. The maximum Gasteiger partial charge on any atom is 0.222 e. The maximum atomic E-state index is 11.3. The van der Waals surface area contributed by atoms with Crippen molar-refractivity contribution < 1.29 is 9.53 Å². The van der Waals surface area contributed by atoms with E-state index in [1.165, 1.54) is 0 Å². The monoisotopic (exact) mass is 155 g/mol. The highest BCUT2D eigenvalue weighted by Gasteiger charge is 2.52. The summed E-state index contributed by atoms with van der Waals surface area (Å²) in [5.74, 6) is 0.277. The Morgan fingerprint density at radius 1 is 1.64 bits per heavy atom. The van der Waals surface area contributed by atoms with E-state index in [0.717, 1.165) is 26.2 Å². The van der Waals surface area contributed by atoms with Crippen LogP contribution in [0.1, 0.15) is 19.8 Å². The summed E-state index contributed by atoms with van der Waals surface area (Å²) >= 11 is 0. The minimum Gasteiger partial charge on any atom is -0.376 e. The number of amides is 1. The predicted octanol–water partition coefficient (Wildman–Crippen LogP) is 0.398. The normalized spacial score (nSPS) is 26.1. The molecule has 0 bridgehead atoms. The second-order valence-electron chi connectivity index (χ2n) is 3.37. The summed E-state index contributed by atoms with van der Waals surface area (Å²) in [6.45, 7) is 4.38. The second-order valence-corrected chi connectivity index (χ2v) is 3.37. The van der Waals surface area contributed by atoms with Gasteiger partial charge >= 0.3 is 0 Å². The van der Waals surface area contributed by atoms with Crippen molar-refractivity contribution in [3.63, 3.8) is 0 Å². The fourth-order valence-corrected chi connectivity index (χ4v) is 1.76. The molecule has 0 aliphatic carbocycles. The third-order valence-corrected chi connectivity index (χ3v) is 2.72. The molecule has 2 aliphatic heterocycles. The number of hydrogen-bond acceptors (Lipinski definition) is 2. The molecule has 11 heavy (non-hydrogen) atoms. The molecule has 3 nitrogen and oxygen atoms in total. The molecular weight excluding hydrogens is 142 g/mol. The first-order chi connectivity index (χ1) is 5.28. The van der Waals surface area contributed by atoms with Gasteiger partial charge in [-0.25, -0.2) is 0 Å². The molecule has 0 radical (unpaired) electrons. The highest BCUT2D eigenvalue weighted by atomic mass is 16.5. The van der Waals surface area contributed by atoms with Crippen LogP contribution in [-0.4, -0.2) is 36.1 Å². The van der Waals surface area contributed by atoms with Gasteiger partial charge in [-0.3, -0.25) is 4.79 Å². The largest absolute Gasteiger partial charge is 0.376 e. The van der Waals surface area contributed by atoms with Crippen molar-refractivity contribution >= 4 is 5.91 Å². The van der Waals surface area contributed by atoms with Gasteiger partial charge in [0.1, 0.15) is 0 Å². The fraction of sp³-hybridized carbons (Fsp3) is 0.875. The van der Waals surface area contributed by atoms with Crippen LogP contribution in [0.15, 0.2) is 0 Å². The Labute approximate surface area is 66.3 Å². The van der Waals surface area contributed by atoms with Crippen LogP contribution in [0.2, 0.25) is 0 Å². The molecule has 0 unspecified atom stereocenters. The first kappa shape index (κ1) is 7.10. The summed E-state index contributed by atoms with van der Waals surface area (Å²) in [4.78, 5) is 13.2. The van der Waals surface area contributed by atoms with E-state index in [-0.39, 0.29) is 11.4 Å². The van der Waals surface area contributed by atoms with Crippen LogP contribution >= 0.6 is 0 Å². The molecule has 0 aromatic rings. The molecule has 1 spiro atoms. The van der Waals surface area contributed by atoms with Gasteiger partial charge in [0.05, 0.1) is 18.8 Å². The smallest absolute Gasteiger partial charge is 0.222 e. The third kappa shape index (κ3) is 0.805. The molecule has 0 atom stereocenters. The van der Waals surface area contributed by atoms with E-state index < -0.39 is 0 Å². The lowest BCUT2D eigenvalue weighted by molar-refractivity contribution is -0.199. The minimum atomic E-state index is 0.146. The Balaban J connectivity index is 2.00. The van der Waals surface area contributed by atoms with E-state index in [1.54, 1.807) is 0 Å². The zero-order valence-corrected chi connectivity index (χ0v) is 6.80. The molecule has 3 heteroatoms. The first-order valence-electron chi connectivity index (χ1n) is 4.17. The standard InChI is InChI=1S/C8H13NO2/c1-2-7(10)9-4-3-8(9)5-11-6-8/h2-6H2,1H3. The average molecular weight is 155 g/mol. The van der Waals surface area contributed by atoms with Crippen LogP contribution in [0.4, 0.5) is 0 Å². The lowest BCUT2D eigenvalue weighted by atomic mass is 9.82. The van der Waals surface area contributed by atoms with Gasteiger partial charge in [0.25, 0.3) is 0 Å². The molecule has 2 aliphatic rings. The summed E-state index contributed by atoms with van der Waals surface area (Å²) in [6, 6.07) is 0. The molecule has 1 amide bonds. The SMILES string of the molecule is CCC(=O)N1CCC12COC2. The van der Waals surface area contributed by atoms with Crippen LogP contribution in [0.3, 0.4) is 0 Å². The van der Waals surface area contributed by atoms with Gasteiger partial charge in [-0.15, -0.1) is 0 Å². The lowest BCUT2D eigenvalue weighted by Gasteiger charge is -2.57. The number of hydrogen-bond donors (Lipinski definition) is 0. The van der Waals surface area contributed by atoms with Gasteiger partial charge in [-0.05, 0) is 6.42 Å². The summed E-state index contributed by atoms with van der Waals surface area (Å²) < 4.78 is 5.11. The van der Waals surface area contributed by atoms with Crippen LogP contribution in [0.25, 0.3) is 0 Å². The number of likely N-dealkylation sites (tertiary alicyclic amines) is 1. The third-order valence-electron chi connectivity index (χ3n) is 2.72. The lowest BCUT2D eigenvalue weighted by Crippen LogP contribution is -2.72. The Morgan fingerprint density at radius 2 is 2.36 bits per heavy atom. The predicted molar refractivity (Wildman–Crippen MR) is 40.2 cm³/mol. The van der Waals surface area contributed by atoms with Crippen molar-refractivity contribution in [1.29, 1.82) is 0 Å². The van der Waals surface area contributed by atoms with Crippen LogP contribution in [-0.2, 0) is 9.53 Å². The molecule has 2 heterocycles. The summed E-state index contributed by atoms with van der Waals surface area (Å²) in [6.07, 6.45) is 1.76. The zero-order valence-electron chi connectivity index (χ0n) is 6.80. The van der Waals surface area contributed by atoms with Gasteiger partial charge in [-0.1, -0.05) is 6.92 Å². The quantitative estimate of drug-likeness (QED) is 0.548. The molecule has 2 fully saturated rings. The van der Waals surface area contributed by atoms with Crippen molar-refractivity contribution in [2.24, 2.45) is 0 Å². The Kier molecular flexibility index (Phi) is 1.42. The van der Waals surface area contributed by atoms with Gasteiger partial charge in [-0.2, -0.15) is 0 Å². The number of carbonyl (C=O) groups is 1. The topological polar surface area (TPSA) is 29.5 Å². The Bertz CT molecular complexity index is 181. The summed E-state index contributed by atoms with van der Waals surface area (Å²) in [5.41, 5.74) is 0.146. The minimum absolute atomic E-state index is 0.146. The van der Waals surface area contributed by atoms with Crippen molar-refractivity contribution in [3.05, 3.63) is 0 Å². The molecular formula is C8H13NO2. The van der Waals surface area contributed by atoms with Crippen molar-refractivity contribution in [2.75, 3.05) is 19.8 Å². The average Bonchev–Trinajstić information content (AvgIpc) is 1.82. The van der Waals surface area contributed by atoms with Gasteiger partial charge in [0, 0.05) is 13.0 Å². The molecule has 2 rings (SSSR count). The second kappa shape index (κ2) is 2.21. The maximum absolute atomic E-state index is 11.3. The molecule has 0 saturated carbocycles. The highest BCUT2D eigenvalue weighted by molar-refractivity contribution is 5.78. The van der Waals surface area contributed by atoms with Gasteiger partial charge < -0.3 is 9.64 Å². The van der Waals surface area contributed by atoms with E-state index in [4.69, 9.17) is 4.74 Å². The van der Waals surface area contributed by atoms with E-state index in [0.29, 0.717) is 6.42 Å². The van der Waals surface area contributed by atoms with E-state index in [1.807, 2.05) is 11.8 Å². The number of carbonyl (C=O) groups excluding carboxylic acids is 1. The van der Waals surface area contributed by atoms with Crippen LogP contribution in [0.5, 0.6) is 0 Å². The first-order valence-corrected chi connectivity index (χ1v) is 4.17. The van der Waals surface area contributed by atoms with E-state index in [2.05, 4.69) is 0 Å². The van der Waals surface area contributed by atoms with Crippen molar-refractivity contribution in [2.45, 2.75) is 25.3 Å². The Morgan fingerprint density at radius 3 is 2.64 bits per heavy atom. The van der Waals surface area contributed by atoms with Gasteiger partial charge in [0.2, 0.25) is 5.91 Å².